The van der Waals surface area contributed by atoms with E-state index < -0.39 is 0 Å². The number of nitrogens with zero attached hydrogens (tertiary/aromatic N) is 1. The van der Waals surface area contributed by atoms with Crippen molar-refractivity contribution in [1.29, 1.82) is 0 Å². The first-order valence-electron chi connectivity index (χ1n) is 7.23. The number of unbranched alkanes of at least 4 members (excludes halogenated alkanes) is 1. The Kier molecular flexibility index (Phi) is 6.56. The minimum Gasteiger partial charge on any atom is -0.341 e. The van der Waals surface area contributed by atoms with Crippen molar-refractivity contribution in [3.8, 4) is 0 Å². The molecule has 2 unspecified atom stereocenters. The summed E-state index contributed by atoms with van der Waals surface area (Å²) in [7, 11) is 0. The van der Waals surface area contributed by atoms with Crippen LogP contribution in [-0.4, -0.2) is 36.0 Å². The summed E-state index contributed by atoms with van der Waals surface area (Å²) in [6, 6.07) is 0.478. The molecule has 0 aromatic heterocycles. The summed E-state index contributed by atoms with van der Waals surface area (Å²) < 4.78 is 0. The lowest BCUT2D eigenvalue weighted by Gasteiger charge is -2.25. The van der Waals surface area contributed by atoms with Gasteiger partial charge in [-0.3, -0.25) is 4.79 Å². The maximum absolute atomic E-state index is 12.1. The molecule has 1 N–H and O–H groups in total. The van der Waals surface area contributed by atoms with E-state index in [1.165, 1.54) is 32.1 Å². The van der Waals surface area contributed by atoms with Gasteiger partial charge in [0.1, 0.15) is 0 Å². The molecule has 1 aliphatic rings. The Morgan fingerprint density at radius 1 is 1.29 bits per heavy atom. The highest BCUT2D eigenvalue weighted by molar-refractivity contribution is 5.81. The van der Waals surface area contributed by atoms with Crippen LogP contribution < -0.4 is 5.32 Å². The fourth-order valence-corrected chi connectivity index (χ4v) is 2.49. The van der Waals surface area contributed by atoms with Crippen LogP contribution in [0.25, 0.3) is 0 Å². The molecule has 1 rings (SSSR count). The molecule has 0 aliphatic carbocycles. The van der Waals surface area contributed by atoms with E-state index in [0.717, 1.165) is 19.5 Å². The maximum atomic E-state index is 12.1. The summed E-state index contributed by atoms with van der Waals surface area (Å²) >= 11 is 0. The van der Waals surface area contributed by atoms with Gasteiger partial charge in [-0.1, -0.05) is 26.7 Å². The van der Waals surface area contributed by atoms with E-state index in [1.807, 2.05) is 11.8 Å². The number of hydrogen-bond acceptors (Lipinski definition) is 2. The Morgan fingerprint density at radius 3 is 2.47 bits per heavy atom. The Labute approximate surface area is 106 Å². The Balaban J connectivity index is 2.34. The molecule has 3 nitrogen and oxygen atoms in total. The molecular formula is C14H28N2O. The third kappa shape index (κ3) is 4.66. The molecule has 1 saturated heterocycles. The van der Waals surface area contributed by atoms with Crippen LogP contribution in [0.5, 0.6) is 0 Å². The number of amides is 1. The molecule has 1 fully saturated rings. The zero-order chi connectivity index (χ0) is 12.7. The van der Waals surface area contributed by atoms with Gasteiger partial charge in [0.05, 0.1) is 6.04 Å². The average molecular weight is 240 g/mol. The highest BCUT2D eigenvalue weighted by Gasteiger charge is 2.24. The molecule has 1 amide bonds. The normalized spacial score (nSPS) is 19.4. The Bertz CT molecular complexity index is 224. The first kappa shape index (κ1) is 14.5. The highest BCUT2D eigenvalue weighted by atomic mass is 16.2. The molecule has 1 heterocycles. The van der Waals surface area contributed by atoms with Gasteiger partial charge in [0.25, 0.3) is 0 Å². The molecule has 17 heavy (non-hydrogen) atoms. The highest BCUT2D eigenvalue weighted by Crippen LogP contribution is 2.11. The minimum absolute atomic E-state index is 0.0186. The van der Waals surface area contributed by atoms with Crippen molar-refractivity contribution < 1.29 is 4.79 Å². The quantitative estimate of drug-likeness (QED) is 0.742. The molecule has 100 valence electrons. The summed E-state index contributed by atoms with van der Waals surface area (Å²) in [4.78, 5) is 14.1. The molecule has 0 aromatic carbocycles. The summed E-state index contributed by atoms with van der Waals surface area (Å²) in [6.07, 6.45) is 7.11. The molecular weight excluding hydrogens is 212 g/mol. The summed E-state index contributed by atoms with van der Waals surface area (Å²) in [5, 5.41) is 3.49. The third-order valence-electron chi connectivity index (χ3n) is 3.67. The van der Waals surface area contributed by atoms with Crippen LogP contribution in [0.4, 0.5) is 0 Å². The van der Waals surface area contributed by atoms with Crippen LogP contribution in [0, 0.1) is 0 Å². The third-order valence-corrected chi connectivity index (χ3v) is 3.67. The van der Waals surface area contributed by atoms with Crippen LogP contribution in [0.3, 0.4) is 0 Å². The molecule has 0 spiro atoms. The van der Waals surface area contributed by atoms with Gasteiger partial charge in [0.2, 0.25) is 5.91 Å². The molecule has 3 heteroatoms. The lowest BCUT2D eigenvalue weighted by Crippen LogP contribution is -2.47. The van der Waals surface area contributed by atoms with E-state index >= 15 is 0 Å². The molecule has 2 atom stereocenters. The average Bonchev–Trinajstić information content (AvgIpc) is 2.86. The van der Waals surface area contributed by atoms with Crippen molar-refractivity contribution in [3.63, 3.8) is 0 Å². The van der Waals surface area contributed by atoms with Crippen molar-refractivity contribution in [1.82, 2.24) is 10.2 Å². The molecule has 0 bridgehead atoms. The second kappa shape index (κ2) is 7.70. The second-order valence-corrected chi connectivity index (χ2v) is 5.17. The maximum Gasteiger partial charge on any atom is 0.239 e. The number of nitrogens with one attached hydrogen (secondary N) is 1. The van der Waals surface area contributed by atoms with Gasteiger partial charge in [-0.25, -0.2) is 0 Å². The van der Waals surface area contributed by atoms with Crippen molar-refractivity contribution in [2.75, 3.05) is 13.1 Å². The van der Waals surface area contributed by atoms with Crippen molar-refractivity contribution in [3.05, 3.63) is 0 Å². The van der Waals surface area contributed by atoms with Crippen molar-refractivity contribution >= 4 is 5.91 Å². The van der Waals surface area contributed by atoms with Gasteiger partial charge in [-0.05, 0) is 32.6 Å². The van der Waals surface area contributed by atoms with Crippen molar-refractivity contribution in [2.45, 2.75) is 71.4 Å². The zero-order valence-electron chi connectivity index (χ0n) is 11.7. The van der Waals surface area contributed by atoms with E-state index in [-0.39, 0.29) is 11.9 Å². The predicted molar refractivity (Wildman–Crippen MR) is 72.0 cm³/mol. The van der Waals surface area contributed by atoms with Crippen LogP contribution >= 0.6 is 0 Å². The number of carbonyl (C=O) groups excluding carboxylic acids is 1. The fraction of sp³-hybridized carbons (Fsp3) is 0.929. The number of hydrogen-bond donors (Lipinski definition) is 1. The summed E-state index contributed by atoms with van der Waals surface area (Å²) in [6.45, 7) is 8.33. The fourth-order valence-electron chi connectivity index (χ4n) is 2.49. The van der Waals surface area contributed by atoms with Gasteiger partial charge in [-0.15, -0.1) is 0 Å². The largest absolute Gasteiger partial charge is 0.341 e. The zero-order valence-corrected chi connectivity index (χ0v) is 11.7. The Hall–Kier alpha value is -0.570. The first-order chi connectivity index (χ1) is 8.19. The van der Waals surface area contributed by atoms with E-state index in [9.17, 15) is 4.79 Å². The van der Waals surface area contributed by atoms with Crippen LogP contribution in [-0.2, 0) is 4.79 Å². The van der Waals surface area contributed by atoms with Gasteiger partial charge in [0, 0.05) is 19.1 Å². The molecule has 0 saturated carbocycles. The van der Waals surface area contributed by atoms with Crippen LogP contribution in [0.2, 0.25) is 0 Å². The minimum atomic E-state index is -0.0186. The molecule has 1 aliphatic heterocycles. The summed E-state index contributed by atoms with van der Waals surface area (Å²) in [5.74, 6) is 0.289. The van der Waals surface area contributed by atoms with Crippen molar-refractivity contribution in [2.24, 2.45) is 0 Å². The smallest absolute Gasteiger partial charge is 0.239 e. The molecule has 0 radical (unpaired) electrons. The first-order valence-corrected chi connectivity index (χ1v) is 7.23. The standard InChI is InChI=1S/C14H28N2O/c1-4-6-9-13(5-2)15-12(3)14(17)16-10-7-8-11-16/h12-13,15H,4-11H2,1-3H3. The van der Waals surface area contributed by atoms with E-state index in [0.29, 0.717) is 6.04 Å². The van der Waals surface area contributed by atoms with Gasteiger partial charge >= 0.3 is 0 Å². The lowest BCUT2D eigenvalue weighted by molar-refractivity contribution is -0.132. The number of rotatable bonds is 7. The predicted octanol–water partition coefficient (Wildman–Crippen LogP) is 2.56. The van der Waals surface area contributed by atoms with E-state index in [1.54, 1.807) is 0 Å². The van der Waals surface area contributed by atoms with E-state index in [2.05, 4.69) is 19.2 Å². The van der Waals surface area contributed by atoms with Crippen LogP contribution in [0.15, 0.2) is 0 Å². The van der Waals surface area contributed by atoms with Gasteiger partial charge < -0.3 is 10.2 Å². The monoisotopic (exact) mass is 240 g/mol. The Morgan fingerprint density at radius 2 is 1.94 bits per heavy atom. The topological polar surface area (TPSA) is 32.3 Å². The SMILES string of the molecule is CCCCC(CC)NC(C)C(=O)N1CCCC1. The second-order valence-electron chi connectivity index (χ2n) is 5.17. The number of carbonyl (C=O) groups is 1. The molecule has 0 aromatic rings. The summed E-state index contributed by atoms with van der Waals surface area (Å²) in [5.41, 5.74) is 0. The van der Waals surface area contributed by atoms with E-state index in [4.69, 9.17) is 0 Å². The van der Waals surface area contributed by atoms with Gasteiger partial charge in [0.15, 0.2) is 0 Å². The lowest BCUT2D eigenvalue weighted by atomic mass is 10.1. The number of likely N-dealkylation sites (tertiary alicyclic amines) is 1. The van der Waals surface area contributed by atoms with Crippen LogP contribution in [0.1, 0.15) is 59.3 Å². The van der Waals surface area contributed by atoms with Gasteiger partial charge in [-0.2, -0.15) is 0 Å².